The summed E-state index contributed by atoms with van der Waals surface area (Å²) < 4.78 is 0. The quantitative estimate of drug-likeness (QED) is 0.789. The van der Waals surface area contributed by atoms with E-state index in [1.165, 1.54) is 4.90 Å². The van der Waals surface area contributed by atoms with Gasteiger partial charge >= 0.3 is 6.03 Å². The minimum absolute atomic E-state index is 0.246. The second kappa shape index (κ2) is 7.65. The lowest BCUT2D eigenvalue weighted by molar-refractivity contribution is -0.124. The number of nitrogens with one attached hydrogen (secondary N) is 2. The number of imide groups is 1. The topological polar surface area (TPSA) is 61.4 Å². The summed E-state index contributed by atoms with van der Waals surface area (Å²) in [5.74, 6) is -0.276. The van der Waals surface area contributed by atoms with Crippen molar-refractivity contribution in [3.8, 4) is 0 Å². The van der Waals surface area contributed by atoms with Crippen LogP contribution in [0.5, 0.6) is 0 Å². The van der Waals surface area contributed by atoms with Crippen molar-refractivity contribution in [1.29, 1.82) is 0 Å². The Morgan fingerprint density at radius 1 is 1.32 bits per heavy atom. The van der Waals surface area contributed by atoms with Gasteiger partial charge < -0.3 is 5.32 Å². The van der Waals surface area contributed by atoms with E-state index in [4.69, 9.17) is 0 Å². The molecule has 0 spiro atoms. The van der Waals surface area contributed by atoms with E-state index in [1.54, 1.807) is 18.7 Å². The minimum Gasteiger partial charge on any atom is -0.335 e. The highest BCUT2D eigenvalue weighted by molar-refractivity contribution is 7.98. The second-order valence-corrected chi connectivity index (χ2v) is 6.56. The van der Waals surface area contributed by atoms with Crippen LogP contribution >= 0.6 is 11.8 Å². The summed E-state index contributed by atoms with van der Waals surface area (Å²) in [6.07, 6.45) is 4.05. The molecule has 3 amide bonds. The van der Waals surface area contributed by atoms with Crippen molar-refractivity contribution in [3.63, 3.8) is 0 Å². The van der Waals surface area contributed by atoms with Crippen molar-refractivity contribution in [2.45, 2.75) is 43.3 Å². The van der Waals surface area contributed by atoms with Crippen LogP contribution < -0.4 is 10.6 Å². The number of hydrogen-bond acceptors (Lipinski definition) is 4. The molecule has 2 N–H and O–H groups in total. The third kappa shape index (κ3) is 5.03. The Morgan fingerprint density at radius 3 is 2.50 bits per heavy atom. The number of hydrogen-bond donors (Lipinski definition) is 2. The summed E-state index contributed by atoms with van der Waals surface area (Å²) in [5, 5.41) is 5.15. The molecule has 6 heteroatoms. The van der Waals surface area contributed by atoms with Gasteiger partial charge in [-0.05, 0) is 50.8 Å². The van der Waals surface area contributed by atoms with Crippen LogP contribution in [0.4, 0.5) is 4.79 Å². The van der Waals surface area contributed by atoms with Gasteiger partial charge in [0.05, 0.1) is 6.04 Å². The van der Waals surface area contributed by atoms with Gasteiger partial charge in [-0.25, -0.2) is 4.79 Å². The number of rotatable bonds is 6. The fourth-order valence-electron chi connectivity index (χ4n) is 2.02. The van der Waals surface area contributed by atoms with E-state index in [0.29, 0.717) is 6.54 Å². The normalized spacial score (nSPS) is 15.5. The SMILES string of the molecule is CSc1ccc(CN(C)C(C)C(=O)NC(=O)NC2CC2)cc1. The molecule has 1 unspecified atom stereocenters. The van der Waals surface area contributed by atoms with Crippen molar-refractivity contribution in [3.05, 3.63) is 29.8 Å². The number of thioether (sulfide) groups is 1. The van der Waals surface area contributed by atoms with Crippen LogP contribution in [0.1, 0.15) is 25.3 Å². The van der Waals surface area contributed by atoms with Crippen molar-refractivity contribution in [2.24, 2.45) is 0 Å². The van der Waals surface area contributed by atoms with Gasteiger partial charge in [0.15, 0.2) is 0 Å². The van der Waals surface area contributed by atoms with Gasteiger partial charge in [0.1, 0.15) is 0 Å². The maximum absolute atomic E-state index is 12.1. The molecule has 1 fully saturated rings. The van der Waals surface area contributed by atoms with E-state index >= 15 is 0 Å². The number of carbonyl (C=O) groups excluding carboxylic acids is 2. The van der Waals surface area contributed by atoms with Crippen LogP contribution in [0.25, 0.3) is 0 Å². The van der Waals surface area contributed by atoms with E-state index in [0.717, 1.165) is 18.4 Å². The number of likely N-dealkylation sites (N-methyl/N-ethyl adjacent to an activating group) is 1. The average Bonchev–Trinajstić information content (AvgIpc) is 3.30. The maximum atomic E-state index is 12.1. The van der Waals surface area contributed by atoms with Crippen LogP contribution in [0.15, 0.2) is 29.2 Å². The summed E-state index contributed by atoms with van der Waals surface area (Å²) in [4.78, 5) is 26.8. The van der Waals surface area contributed by atoms with Crippen LogP contribution in [0.2, 0.25) is 0 Å². The molecule has 5 nitrogen and oxygen atoms in total. The van der Waals surface area contributed by atoms with Gasteiger partial charge in [-0.1, -0.05) is 12.1 Å². The number of urea groups is 1. The molecule has 1 aliphatic carbocycles. The van der Waals surface area contributed by atoms with E-state index in [1.807, 2.05) is 18.2 Å². The molecule has 0 saturated heterocycles. The van der Waals surface area contributed by atoms with Gasteiger partial charge in [0.25, 0.3) is 0 Å². The minimum atomic E-state index is -0.392. The fourth-order valence-corrected chi connectivity index (χ4v) is 2.43. The monoisotopic (exact) mass is 321 g/mol. The summed E-state index contributed by atoms with van der Waals surface area (Å²) in [6, 6.07) is 7.75. The van der Waals surface area contributed by atoms with Gasteiger partial charge in [0, 0.05) is 17.5 Å². The highest BCUT2D eigenvalue weighted by Gasteiger charge is 2.25. The van der Waals surface area contributed by atoms with Crippen LogP contribution in [-0.4, -0.2) is 42.2 Å². The molecular formula is C16H23N3O2S. The molecule has 1 saturated carbocycles. The summed E-state index contributed by atoms with van der Waals surface area (Å²) in [7, 11) is 1.88. The van der Waals surface area contributed by atoms with Gasteiger partial charge in [-0.3, -0.25) is 15.0 Å². The largest absolute Gasteiger partial charge is 0.335 e. The highest BCUT2D eigenvalue weighted by Crippen LogP contribution is 2.18. The molecule has 0 aliphatic heterocycles. The summed E-state index contributed by atoms with van der Waals surface area (Å²) in [5.41, 5.74) is 1.14. The lowest BCUT2D eigenvalue weighted by Crippen LogP contribution is -2.48. The molecule has 1 aromatic carbocycles. The lowest BCUT2D eigenvalue weighted by atomic mass is 10.2. The second-order valence-electron chi connectivity index (χ2n) is 5.68. The molecule has 2 rings (SSSR count). The predicted octanol–water partition coefficient (Wildman–Crippen LogP) is 2.22. The zero-order valence-corrected chi connectivity index (χ0v) is 14.1. The van der Waals surface area contributed by atoms with Crippen molar-refractivity contribution >= 4 is 23.7 Å². The molecule has 1 atom stereocenters. The Bertz CT molecular complexity index is 529. The molecule has 1 aromatic rings. The van der Waals surface area contributed by atoms with Crippen molar-refractivity contribution in [1.82, 2.24) is 15.5 Å². The first-order chi connectivity index (χ1) is 10.5. The van der Waals surface area contributed by atoms with Gasteiger partial charge in [-0.15, -0.1) is 11.8 Å². The standard InChI is InChI=1S/C16H23N3O2S/c1-11(15(20)18-16(21)17-13-6-7-13)19(2)10-12-4-8-14(22-3)9-5-12/h4-5,8-9,11,13H,6-7,10H2,1-3H3,(H2,17,18,20,21). The smallest absolute Gasteiger partial charge is 0.321 e. The molecule has 0 bridgehead atoms. The van der Waals surface area contributed by atoms with Gasteiger partial charge in [-0.2, -0.15) is 0 Å². The van der Waals surface area contributed by atoms with Crippen LogP contribution in [0.3, 0.4) is 0 Å². The van der Waals surface area contributed by atoms with E-state index < -0.39 is 6.03 Å². The number of amides is 3. The lowest BCUT2D eigenvalue weighted by Gasteiger charge is -2.23. The molecule has 120 valence electrons. The Labute approximate surface area is 135 Å². The molecule has 0 heterocycles. The zero-order valence-electron chi connectivity index (χ0n) is 13.3. The molecule has 1 aliphatic rings. The Kier molecular flexibility index (Phi) is 5.85. The highest BCUT2D eigenvalue weighted by atomic mass is 32.2. The predicted molar refractivity (Wildman–Crippen MR) is 88.8 cm³/mol. The fraction of sp³-hybridized carbons (Fsp3) is 0.500. The molecule has 22 heavy (non-hydrogen) atoms. The van der Waals surface area contributed by atoms with Crippen molar-refractivity contribution < 1.29 is 9.59 Å². The first-order valence-corrected chi connectivity index (χ1v) is 8.66. The van der Waals surface area contributed by atoms with E-state index in [-0.39, 0.29) is 18.0 Å². The average molecular weight is 321 g/mol. The molecule has 0 radical (unpaired) electrons. The zero-order chi connectivity index (χ0) is 16.1. The molecular weight excluding hydrogens is 298 g/mol. The number of nitrogens with zero attached hydrogens (tertiary/aromatic N) is 1. The Morgan fingerprint density at radius 2 is 1.95 bits per heavy atom. The first kappa shape index (κ1) is 16.8. The summed E-state index contributed by atoms with van der Waals surface area (Å²) in [6.45, 7) is 2.46. The first-order valence-electron chi connectivity index (χ1n) is 7.44. The van der Waals surface area contributed by atoms with E-state index in [2.05, 4.69) is 34.9 Å². The maximum Gasteiger partial charge on any atom is 0.321 e. The van der Waals surface area contributed by atoms with Crippen LogP contribution in [0, 0.1) is 0 Å². The third-order valence-electron chi connectivity index (χ3n) is 3.78. The Balaban J connectivity index is 1.82. The van der Waals surface area contributed by atoms with Gasteiger partial charge in [0.2, 0.25) is 5.91 Å². The Hall–Kier alpha value is -1.53. The van der Waals surface area contributed by atoms with Crippen molar-refractivity contribution in [2.75, 3.05) is 13.3 Å². The number of benzene rings is 1. The molecule has 0 aromatic heterocycles. The summed E-state index contributed by atoms with van der Waals surface area (Å²) >= 11 is 1.70. The third-order valence-corrected chi connectivity index (χ3v) is 4.52. The van der Waals surface area contributed by atoms with Crippen LogP contribution in [-0.2, 0) is 11.3 Å². The van der Waals surface area contributed by atoms with E-state index in [9.17, 15) is 9.59 Å². The number of carbonyl (C=O) groups is 2.